The van der Waals surface area contributed by atoms with Crippen LogP contribution in [0.2, 0.25) is 0 Å². The normalized spacial score (nSPS) is 17.7. The summed E-state index contributed by atoms with van der Waals surface area (Å²) in [5.74, 6) is -1.59. The van der Waals surface area contributed by atoms with Crippen molar-refractivity contribution in [2.45, 2.75) is 80.1 Å². The van der Waals surface area contributed by atoms with Gasteiger partial charge >= 0.3 is 11.9 Å². The van der Waals surface area contributed by atoms with Crippen molar-refractivity contribution in [3.05, 3.63) is 78.2 Å². The molecule has 6 N–H and O–H groups in total. The van der Waals surface area contributed by atoms with Crippen LogP contribution in [0.25, 0.3) is 24.3 Å². The van der Waals surface area contributed by atoms with Crippen molar-refractivity contribution in [1.29, 1.82) is 0 Å². The molecule has 3 aromatic rings. The number of H-pyrrole nitrogens is 3. The SMILES string of the molecule is CCc1c2[nH]c(c1C)C=c1[nH]c(c(C)c1CC)=Cc1[nH]c(c(CCC(=O)O)c1C)C=C1NC(=C2)C(C)C1CCC(=O)O. The van der Waals surface area contributed by atoms with Gasteiger partial charge in [0.1, 0.15) is 0 Å². The molecule has 8 heteroatoms. The third-order valence-electron chi connectivity index (χ3n) is 9.28. The molecule has 42 heavy (non-hydrogen) atoms. The maximum atomic E-state index is 11.6. The minimum absolute atomic E-state index is 0.0153. The van der Waals surface area contributed by atoms with Crippen molar-refractivity contribution in [1.82, 2.24) is 20.3 Å². The Morgan fingerprint density at radius 2 is 1.26 bits per heavy atom. The van der Waals surface area contributed by atoms with E-state index in [0.717, 1.165) is 68.8 Å². The molecule has 2 aliphatic heterocycles. The predicted molar refractivity (Wildman–Crippen MR) is 166 cm³/mol. The number of carboxylic acid groups (broad SMARTS) is 2. The summed E-state index contributed by atoms with van der Waals surface area (Å²) in [6, 6.07) is 0. The first kappa shape index (κ1) is 29.3. The number of hydrogen-bond donors (Lipinski definition) is 6. The first-order chi connectivity index (χ1) is 20.0. The summed E-state index contributed by atoms with van der Waals surface area (Å²) in [4.78, 5) is 34.1. The minimum atomic E-state index is -0.838. The van der Waals surface area contributed by atoms with Crippen LogP contribution in [0.15, 0.2) is 11.4 Å². The smallest absolute Gasteiger partial charge is 0.303 e. The lowest BCUT2D eigenvalue weighted by molar-refractivity contribution is -0.138. The second kappa shape index (κ2) is 11.6. The van der Waals surface area contributed by atoms with Crippen molar-refractivity contribution < 1.29 is 19.8 Å². The first-order valence-corrected chi connectivity index (χ1v) is 15.0. The molecule has 2 unspecified atom stereocenters. The van der Waals surface area contributed by atoms with Gasteiger partial charge in [0.05, 0.1) is 0 Å². The molecule has 0 aromatic carbocycles. The van der Waals surface area contributed by atoms with Crippen molar-refractivity contribution >= 4 is 36.2 Å². The third-order valence-corrected chi connectivity index (χ3v) is 9.28. The molecule has 2 atom stereocenters. The topological polar surface area (TPSA) is 134 Å². The molecule has 8 nitrogen and oxygen atoms in total. The molecule has 0 aliphatic carbocycles. The van der Waals surface area contributed by atoms with Crippen LogP contribution < -0.4 is 16.0 Å². The van der Waals surface area contributed by atoms with E-state index >= 15 is 0 Å². The van der Waals surface area contributed by atoms with E-state index in [4.69, 9.17) is 0 Å². The highest BCUT2D eigenvalue weighted by atomic mass is 16.4. The van der Waals surface area contributed by atoms with E-state index in [1.165, 1.54) is 22.3 Å². The molecule has 0 spiro atoms. The molecule has 0 radical (unpaired) electrons. The van der Waals surface area contributed by atoms with Crippen LogP contribution in [0.4, 0.5) is 0 Å². The lowest BCUT2D eigenvalue weighted by Crippen LogP contribution is -2.12. The molecule has 5 rings (SSSR count). The molecular weight excluding hydrogens is 528 g/mol. The Hall–Kier alpha value is -4.20. The zero-order valence-electron chi connectivity index (χ0n) is 25.4. The third kappa shape index (κ3) is 5.38. The highest BCUT2D eigenvalue weighted by Gasteiger charge is 2.33. The molecule has 3 aromatic heterocycles. The van der Waals surface area contributed by atoms with E-state index in [-0.39, 0.29) is 24.7 Å². The van der Waals surface area contributed by atoms with Crippen molar-refractivity contribution in [3.63, 3.8) is 0 Å². The van der Waals surface area contributed by atoms with E-state index in [1.807, 2.05) is 6.92 Å². The fraction of sp³-hybridized carbons (Fsp3) is 0.412. The molecule has 5 heterocycles. The Morgan fingerprint density at radius 3 is 1.88 bits per heavy atom. The van der Waals surface area contributed by atoms with Crippen LogP contribution >= 0.6 is 0 Å². The molecule has 1 saturated heterocycles. The number of carboxylic acids is 2. The number of fused-ring (bicyclic) bond motifs is 8. The van der Waals surface area contributed by atoms with Crippen LogP contribution in [-0.2, 0) is 28.9 Å². The average molecular weight is 571 g/mol. The summed E-state index contributed by atoms with van der Waals surface area (Å²) >= 11 is 0. The van der Waals surface area contributed by atoms with Crippen LogP contribution in [0.3, 0.4) is 0 Å². The van der Waals surface area contributed by atoms with Gasteiger partial charge in [0.15, 0.2) is 0 Å². The van der Waals surface area contributed by atoms with Gasteiger partial charge in [-0.1, -0.05) is 20.8 Å². The summed E-state index contributed by atoms with van der Waals surface area (Å²) in [5.41, 5.74) is 12.9. The maximum Gasteiger partial charge on any atom is 0.303 e. The second-order valence-corrected chi connectivity index (χ2v) is 11.7. The Bertz CT molecular complexity index is 1740. The number of hydrogen-bond acceptors (Lipinski definition) is 3. The lowest BCUT2D eigenvalue weighted by atomic mass is 9.88. The van der Waals surface area contributed by atoms with Gasteiger partial charge in [-0.2, -0.15) is 0 Å². The average Bonchev–Trinajstić information content (AvgIpc) is 3.59. The van der Waals surface area contributed by atoms with Crippen LogP contribution in [0.1, 0.15) is 96.2 Å². The number of rotatable bonds is 8. The molecule has 1 fully saturated rings. The van der Waals surface area contributed by atoms with Gasteiger partial charge in [-0.15, -0.1) is 0 Å². The Kier molecular flexibility index (Phi) is 8.08. The van der Waals surface area contributed by atoms with Crippen molar-refractivity contribution in [2.75, 3.05) is 0 Å². The van der Waals surface area contributed by atoms with Crippen LogP contribution in [-0.4, -0.2) is 37.1 Å². The summed E-state index contributed by atoms with van der Waals surface area (Å²) in [6.07, 6.45) is 11.4. The standard InChI is InChI=1S/C34H42N4O4/c1-7-21-17(3)25-13-26-19(5)23(9-11-33(39)40)31(37-26)16-32-24(10-12-34(41)42)20(6)28(38-32)15-30-22(8-2)18(4)27(36-30)14-29(21)35-25/h13-16,20,24,35-38H,7-12H2,1-6H3,(H,39,40)(H,41,42). The summed E-state index contributed by atoms with van der Waals surface area (Å²) < 4.78 is 0. The van der Waals surface area contributed by atoms with E-state index < -0.39 is 11.9 Å². The Balaban J connectivity index is 1.81. The van der Waals surface area contributed by atoms with Gasteiger partial charge in [-0.25, -0.2) is 0 Å². The fourth-order valence-corrected chi connectivity index (χ4v) is 6.76. The molecular formula is C34H42N4O4. The predicted octanol–water partition coefficient (Wildman–Crippen LogP) is 4.81. The monoisotopic (exact) mass is 570 g/mol. The summed E-state index contributed by atoms with van der Waals surface area (Å²) in [6.45, 7) is 12.8. The molecule has 222 valence electrons. The van der Waals surface area contributed by atoms with Crippen LogP contribution in [0, 0.1) is 32.6 Å². The highest BCUT2D eigenvalue weighted by Crippen LogP contribution is 2.39. The second-order valence-electron chi connectivity index (χ2n) is 11.7. The largest absolute Gasteiger partial charge is 0.481 e. The number of aromatic amines is 3. The maximum absolute atomic E-state index is 11.6. The first-order valence-electron chi connectivity index (χ1n) is 15.0. The zero-order valence-corrected chi connectivity index (χ0v) is 25.4. The number of aromatic nitrogens is 3. The van der Waals surface area contributed by atoms with Gasteiger partial charge in [0, 0.05) is 69.5 Å². The van der Waals surface area contributed by atoms with Gasteiger partial charge in [-0.3, -0.25) is 9.59 Å². The van der Waals surface area contributed by atoms with E-state index in [2.05, 4.69) is 79.2 Å². The van der Waals surface area contributed by atoms with Gasteiger partial charge in [0.25, 0.3) is 0 Å². The van der Waals surface area contributed by atoms with Crippen LogP contribution in [0.5, 0.6) is 0 Å². The van der Waals surface area contributed by atoms with Crippen molar-refractivity contribution in [2.24, 2.45) is 11.8 Å². The van der Waals surface area contributed by atoms with Crippen molar-refractivity contribution in [3.8, 4) is 0 Å². The molecule has 2 aliphatic rings. The van der Waals surface area contributed by atoms with Gasteiger partial charge in [0.2, 0.25) is 0 Å². The molecule has 8 bridgehead atoms. The zero-order chi connectivity index (χ0) is 30.3. The summed E-state index contributed by atoms with van der Waals surface area (Å²) in [5, 5.41) is 24.7. The molecule has 0 amide bonds. The van der Waals surface area contributed by atoms with E-state index in [9.17, 15) is 19.8 Å². The van der Waals surface area contributed by atoms with Gasteiger partial charge in [-0.05, 0) is 104 Å². The number of carbonyl (C=O) groups is 2. The number of allylic oxidation sites excluding steroid dienone is 2. The molecule has 0 saturated carbocycles. The fourth-order valence-electron chi connectivity index (χ4n) is 6.76. The highest BCUT2D eigenvalue weighted by molar-refractivity contribution is 5.71. The lowest BCUT2D eigenvalue weighted by Gasteiger charge is -2.14. The Labute approximate surface area is 246 Å². The van der Waals surface area contributed by atoms with Gasteiger partial charge < -0.3 is 30.5 Å². The number of aliphatic carboxylic acids is 2. The number of nitrogens with one attached hydrogen (secondary N) is 4. The van der Waals surface area contributed by atoms with E-state index in [0.29, 0.717) is 12.8 Å². The quantitative estimate of drug-likeness (QED) is 0.231. The minimum Gasteiger partial charge on any atom is -0.481 e. The van der Waals surface area contributed by atoms with E-state index in [1.54, 1.807) is 0 Å². The summed E-state index contributed by atoms with van der Waals surface area (Å²) in [7, 11) is 0. The Morgan fingerprint density at radius 1 is 0.690 bits per heavy atom.